The number of sulfonamides is 1. The number of nitrogens with zero attached hydrogens (tertiary/aromatic N) is 1. The molecule has 3 nitrogen and oxygen atoms in total. The van der Waals surface area contributed by atoms with Crippen LogP contribution in [0.15, 0.2) is 24.3 Å². The third kappa shape index (κ3) is 4.82. The van der Waals surface area contributed by atoms with Crippen molar-refractivity contribution in [3.8, 4) is 0 Å². The predicted molar refractivity (Wildman–Crippen MR) is 87.9 cm³/mol. The summed E-state index contributed by atoms with van der Waals surface area (Å²) in [5, 5.41) is 0. The molecule has 1 aromatic rings. The van der Waals surface area contributed by atoms with Crippen molar-refractivity contribution in [2.45, 2.75) is 46.0 Å². The molecule has 0 bridgehead atoms. The van der Waals surface area contributed by atoms with Gasteiger partial charge in [-0.15, -0.1) is 0 Å². The first-order chi connectivity index (χ1) is 10.0. The molecule has 0 radical (unpaired) electrons. The number of hydrogen-bond donors (Lipinski definition) is 0. The fraction of sp³-hybridized carbons (Fsp3) is 0.647. The Labute approximate surface area is 129 Å². The van der Waals surface area contributed by atoms with Crippen molar-refractivity contribution in [2.75, 3.05) is 18.8 Å². The Kier molecular flexibility index (Phi) is 5.82. The summed E-state index contributed by atoms with van der Waals surface area (Å²) in [6, 6.07) is 8.73. The second kappa shape index (κ2) is 7.41. The zero-order chi connectivity index (χ0) is 15.3. The molecule has 21 heavy (non-hydrogen) atoms. The molecular weight excluding hydrogens is 282 g/mol. The largest absolute Gasteiger partial charge is 0.214 e. The second-order valence-electron chi connectivity index (χ2n) is 6.18. The summed E-state index contributed by atoms with van der Waals surface area (Å²) in [6.07, 6.45) is 5.00. The van der Waals surface area contributed by atoms with Crippen LogP contribution >= 0.6 is 0 Å². The van der Waals surface area contributed by atoms with Gasteiger partial charge in [0.25, 0.3) is 0 Å². The maximum atomic E-state index is 12.0. The van der Waals surface area contributed by atoms with Crippen LogP contribution in [0.3, 0.4) is 0 Å². The summed E-state index contributed by atoms with van der Waals surface area (Å²) in [4.78, 5) is 0. The molecule has 1 aliphatic rings. The fourth-order valence-corrected chi connectivity index (χ4v) is 4.53. The number of benzene rings is 1. The van der Waals surface area contributed by atoms with Gasteiger partial charge >= 0.3 is 0 Å². The van der Waals surface area contributed by atoms with Gasteiger partial charge in [0, 0.05) is 13.1 Å². The van der Waals surface area contributed by atoms with Gasteiger partial charge in [-0.25, -0.2) is 12.7 Å². The van der Waals surface area contributed by atoms with Gasteiger partial charge in [-0.05, 0) is 50.5 Å². The molecule has 118 valence electrons. The lowest BCUT2D eigenvalue weighted by Crippen LogP contribution is -2.39. The highest BCUT2D eigenvalue weighted by Crippen LogP contribution is 2.24. The Morgan fingerprint density at radius 1 is 1.14 bits per heavy atom. The van der Waals surface area contributed by atoms with Crippen LogP contribution in [0.1, 0.15) is 43.7 Å². The zero-order valence-electron chi connectivity index (χ0n) is 13.2. The molecule has 0 saturated carbocycles. The monoisotopic (exact) mass is 309 g/mol. The van der Waals surface area contributed by atoms with Gasteiger partial charge in [-0.1, -0.05) is 36.8 Å². The first kappa shape index (κ1) is 16.5. The van der Waals surface area contributed by atoms with Crippen molar-refractivity contribution in [3.63, 3.8) is 0 Å². The van der Waals surface area contributed by atoms with Crippen LogP contribution in [0.5, 0.6) is 0 Å². The van der Waals surface area contributed by atoms with E-state index in [1.54, 1.807) is 4.31 Å². The average molecular weight is 309 g/mol. The van der Waals surface area contributed by atoms with E-state index in [-0.39, 0.29) is 0 Å². The van der Waals surface area contributed by atoms with Gasteiger partial charge in [0.1, 0.15) is 0 Å². The minimum atomic E-state index is -3.00. The SMILES string of the molecule is CCCS(=O)(=O)N1CCC(CCc2ccc(C)cc2)CC1. The van der Waals surface area contributed by atoms with E-state index in [2.05, 4.69) is 31.2 Å². The highest BCUT2D eigenvalue weighted by molar-refractivity contribution is 7.89. The molecule has 0 unspecified atom stereocenters. The predicted octanol–water partition coefficient (Wildman–Crippen LogP) is 3.38. The molecule has 0 aliphatic carbocycles. The molecule has 1 aromatic carbocycles. The zero-order valence-corrected chi connectivity index (χ0v) is 14.0. The van der Waals surface area contributed by atoms with Gasteiger partial charge in [-0.2, -0.15) is 0 Å². The van der Waals surface area contributed by atoms with Crippen molar-refractivity contribution in [1.82, 2.24) is 4.31 Å². The van der Waals surface area contributed by atoms with Gasteiger partial charge in [0.15, 0.2) is 0 Å². The van der Waals surface area contributed by atoms with Crippen molar-refractivity contribution in [3.05, 3.63) is 35.4 Å². The third-order valence-electron chi connectivity index (χ3n) is 4.39. The third-order valence-corrected chi connectivity index (χ3v) is 6.47. The molecule has 2 rings (SSSR count). The maximum Gasteiger partial charge on any atom is 0.214 e. The summed E-state index contributed by atoms with van der Waals surface area (Å²) in [7, 11) is -3.00. The Morgan fingerprint density at radius 2 is 1.76 bits per heavy atom. The van der Waals surface area contributed by atoms with Crippen LogP contribution in [0.4, 0.5) is 0 Å². The van der Waals surface area contributed by atoms with Crippen molar-refractivity contribution < 1.29 is 8.42 Å². The lowest BCUT2D eigenvalue weighted by Gasteiger charge is -2.31. The molecule has 0 amide bonds. The van der Waals surface area contributed by atoms with Crippen LogP contribution in [0.2, 0.25) is 0 Å². The minimum absolute atomic E-state index is 0.293. The molecule has 1 saturated heterocycles. The smallest absolute Gasteiger partial charge is 0.212 e. The molecule has 0 spiro atoms. The van der Waals surface area contributed by atoms with Crippen LogP contribution < -0.4 is 0 Å². The molecule has 1 heterocycles. The van der Waals surface area contributed by atoms with E-state index >= 15 is 0 Å². The van der Waals surface area contributed by atoms with E-state index in [9.17, 15) is 8.42 Å². The summed E-state index contributed by atoms with van der Waals surface area (Å²) < 4.78 is 25.8. The van der Waals surface area contributed by atoms with E-state index in [0.29, 0.717) is 31.2 Å². The normalized spacial score (nSPS) is 18.0. The Hall–Kier alpha value is -0.870. The summed E-state index contributed by atoms with van der Waals surface area (Å²) in [6.45, 7) is 5.45. The molecule has 4 heteroatoms. The van der Waals surface area contributed by atoms with E-state index in [0.717, 1.165) is 19.3 Å². The van der Waals surface area contributed by atoms with Gasteiger partial charge in [-0.3, -0.25) is 0 Å². The van der Waals surface area contributed by atoms with E-state index in [1.807, 2.05) is 6.92 Å². The van der Waals surface area contributed by atoms with Crippen molar-refractivity contribution in [1.29, 1.82) is 0 Å². The van der Waals surface area contributed by atoms with Crippen molar-refractivity contribution in [2.24, 2.45) is 5.92 Å². The molecule has 0 N–H and O–H groups in total. The maximum absolute atomic E-state index is 12.0. The lowest BCUT2D eigenvalue weighted by atomic mass is 9.91. The molecule has 0 atom stereocenters. The quantitative estimate of drug-likeness (QED) is 0.808. The van der Waals surface area contributed by atoms with E-state index < -0.39 is 10.0 Å². The summed E-state index contributed by atoms with van der Waals surface area (Å²) in [5.41, 5.74) is 2.69. The van der Waals surface area contributed by atoms with Gasteiger partial charge < -0.3 is 0 Å². The first-order valence-electron chi connectivity index (χ1n) is 8.04. The van der Waals surface area contributed by atoms with Crippen LogP contribution in [-0.4, -0.2) is 31.6 Å². The molecule has 0 aromatic heterocycles. The number of aryl methyl sites for hydroxylation is 2. The second-order valence-corrected chi connectivity index (χ2v) is 8.27. The molecule has 1 fully saturated rings. The standard InChI is InChI=1S/C17H27NO2S/c1-3-14-21(19,20)18-12-10-17(11-13-18)9-8-16-6-4-15(2)5-7-16/h4-7,17H,3,8-14H2,1-2H3. The lowest BCUT2D eigenvalue weighted by molar-refractivity contribution is 0.263. The Morgan fingerprint density at radius 3 is 2.33 bits per heavy atom. The highest BCUT2D eigenvalue weighted by atomic mass is 32.2. The minimum Gasteiger partial charge on any atom is -0.212 e. The van der Waals surface area contributed by atoms with E-state index in [4.69, 9.17) is 0 Å². The summed E-state index contributed by atoms with van der Waals surface area (Å²) in [5.74, 6) is 0.959. The molecular formula is C17H27NO2S. The van der Waals surface area contributed by atoms with Gasteiger partial charge in [0.2, 0.25) is 10.0 Å². The fourth-order valence-electron chi connectivity index (χ4n) is 2.99. The van der Waals surface area contributed by atoms with Crippen LogP contribution in [0, 0.1) is 12.8 Å². The van der Waals surface area contributed by atoms with Crippen LogP contribution in [0.25, 0.3) is 0 Å². The highest BCUT2D eigenvalue weighted by Gasteiger charge is 2.26. The van der Waals surface area contributed by atoms with Crippen molar-refractivity contribution >= 4 is 10.0 Å². The van der Waals surface area contributed by atoms with Gasteiger partial charge in [0.05, 0.1) is 5.75 Å². The molecule has 1 aliphatic heterocycles. The summed E-state index contributed by atoms with van der Waals surface area (Å²) >= 11 is 0. The first-order valence-corrected chi connectivity index (χ1v) is 9.65. The number of rotatable bonds is 6. The number of hydrogen-bond acceptors (Lipinski definition) is 2. The number of piperidine rings is 1. The average Bonchev–Trinajstić information content (AvgIpc) is 2.47. The van der Waals surface area contributed by atoms with Crippen LogP contribution in [-0.2, 0) is 16.4 Å². The topological polar surface area (TPSA) is 37.4 Å². The Balaban J connectivity index is 1.78. The van der Waals surface area contributed by atoms with E-state index in [1.165, 1.54) is 17.5 Å². The Bertz CT molecular complexity index is 528.